The second-order valence-corrected chi connectivity index (χ2v) is 9.74. The van der Waals surface area contributed by atoms with Gasteiger partial charge in [-0.05, 0) is 58.7 Å². The number of aliphatic carboxylic acids is 1. The predicted molar refractivity (Wildman–Crippen MR) is 153 cm³/mol. The molecule has 206 valence electrons. The summed E-state index contributed by atoms with van der Waals surface area (Å²) in [5.74, 6) is -0.500. The highest BCUT2D eigenvalue weighted by atomic mass is 16.5. The number of hydrogen-bond donors (Lipinski definition) is 2. The first-order chi connectivity index (χ1) is 20.0. The van der Waals surface area contributed by atoms with Crippen LogP contribution >= 0.6 is 0 Å². The topological polar surface area (TPSA) is 112 Å². The number of rotatable bonds is 9. The van der Waals surface area contributed by atoms with Gasteiger partial charge < -0.3 is 24.8 Å². The summed E-state index contributed by atoms with van der Waals surface area (Å²) in [4.78, 5) is 28.0. The number of carboxylic acid groups (broad SMARTS) is 1. The van der Waals surface area contributed by atoms with Crippen molar-refractivity contribution in [3.8, 4) is 17.6 Å². The highest BCUT2D eigenvalue weighted by Gasteiger charge is 2.38. The van der Waals surface area contributed by atoms with Crippen molar-refractivity contribution in [2.75, 3.05) is 12.4 Å². The lowest BCUT2D eigenvalue weighted by Gasteiger charge is -2.37. The maximum Gasteiger partial charge on any atom is 0.326 e. The molecular weight excluding hydrogens is 518 g/mol. The van der Waals surface area contributed by atoms with Crippen molar-refractivity contribution in [1.82, 2.24) is 4.90 Å². The first kappa shape index (κ1) is 27.3. The van der Waals surface area contributed by atoms with Gasteiger partial charge >= 0.3 is 5.97 Å². The van der Waals surface area contributed by atoms with Crippen molar-refractivity contribution >= 4 is 17.6 Å². The first-order valence-electron chi connectivity index (χ1n) is 13.2. The molecule has 0 bridgehead atoms. The summed E-state index contributed by atoms with van der Waals surface area (Å²) in [5.41, 5.74) is 4.50. The van der Waals surface area contributed by atoms with Crippen LogP contribution in [0.15, 0.2) is 97.1 Å². The van der Waals surface area contributed by atoms with Crippen molar-refractivity contribution in [2.45, 2.75) is 31.7 Å². The van der Waals surface area contributed by atoms with Crippen LogP contribution in [0, 0.1) is 11.3 Å². The van der Waals surface area contributed by atoms with Crippen LogP contribution < -0.4 is 14.8 Å². The Morgan fingerprint density at radius 3 is 2.37 bits per heavy atom. The van der Waals surface area contributed by atoms with E-state index in [2.05, 4.69) is 11.4 Å². The van der Waals surface area contributed by atoms with Gasteiger partial charge in [-0.15, -0.1) is 0 Å². The van der Waals surface area contributed by atoms with Gasteiger partial charge in [0.2, 0.25) is 0 Å². The molecule has 2 unspecified atom stereocenters. The zero-order valence-corrected chi connectivity index (χ0v) is 22.5. The van der Waals surface area contributed by atoms with Crippen LogP contribution in [0.1, 0.15) is 33.9 Å². The minimum atomic E-state index is -1.06. The van der Waals surface area contributed by atoms with Gasteiger partial charge in [-0.2, -0.15) is 5.26 Å². The van der Waals surface area contributed by atoms with Gasteiger partial charge in [-0.3, -0.25) is 4.79 Å². The molecule has 5 rings (SSSR count). The van der Waals surface area contributed by atoms with E-state index in [4.69, 9.17) is 9.47 Å². The minimum absolute atomic E-state index is 0.174. The van der Waals surface area contributed by atoms with E-state index in [1.165, 1.54) is 12.0 Å². The monoisotopic (exact) mass is 547 g/mol. The number of hydrogen-bond acceptors (Lipinski definition) is 6. The second-order valence-electron chi connectivity index (χ2n) is 9.74. The fraction of sp³-hybridized carbons (Fsp3) is 0.182. The highest BCUT2D eigenvalue weighted by molar-refractivity contribution is 5.90. The van der Waals surface area contributed by atoms with Gasteiger partial charge in [-0.25, -0.2) is 4.79 Å². The van der Waals surface area contributed by atoms with Crippen LogP contribution in [0.4, 0.5) is 5.69 Å². The number of carboxylic acids is 1. The number of carbonyl (C=O) groups excluding carboxylic acids is 1. The number of methoxy groups -OCH3 is 1. The Bertz CT molecular complexity index is 1580. The van der Waals surface area contributed by atoms with Gasteiger partial charge in [0.15, 0.2) is 11.5 Å². The van der Waals surface area contributed by atoms with Crippen molar-refractivity contribution in [2.24, 2.45) is 0 Å². The van der Waals surface area contributed by atoms with Gasteiger partial charge in [0, 0.05) is 18.7 Å². The second kappa shape index (κ2) is 12.3. The Balaban J connectivity index is 1.49. The van der Waals surface area contributed by atoms with Gasteiger partial charge in [0.25, 0.3) is 5.91 Å². The number of fused-ring (bicyclic) bond motifs is 1. The Morgan fingerprint density at radius 1 is 0.976 bits per heavy atom. The quantitative estimate of drug-likeness (QED) is 0.291. The number of ether oxygens (including phenoxy) is 2. The maximum absolute atomic E-state index is 14.2. The Kier molecular flexibility index (Phi) is 8.16. The van der Waals surface area contributed by atoms with E-state index in [0.717, 1.165) is 16.7 Å². The number of carbonyl (C=O) groups is 2. The summed E-state index contributed by atoms with van der Waals surface area (Å²) < 4.78 is 11.6. The van der Waals surface area contributed by atoms with Gasteiger partial charge in [0.05, 0.1) is 18.7 Å². The molecule has 0 saturated heterocycles. The molecule has 0 aromatic heterocycles. The summed E-state index contributed by atoms with van der Waals surface area (Å²) in [7, 11) is 1.53. The van der Waals surface area contributed by atoms with Crippen molar-refractivity contribution in [1.29, 1.82) is 5.26 Å². The van der Waals surface area contributed by atoms with Crippen LogP contribution in [0.2, 0.25) is 0 Å². The third-order valence-corrected chi connectivity index (χ3v) is 7.15. The molecule has 1 aliphatic rings. The molecule has 1 amide bonds. The molecule has 0 aliphatic carbocycles. The highest BCUT2D eigenvalue weighted by Crippen LogP contribution is 2.34. The third-order valence-electron chi connectivity index (χ3n) is 7.15. The zero-order valence-electron chi connectivity index (χ0n) is 22.5. The summed E-state index contributed by atoms with van der Waals surface area (Å²) in [5, 5.41) is 22.5. The number of nitrogens with one attached hydrogen (secondary N) is 1. The average molecular weight is 548 g/mol. The van der Waals surface area contributed by atoms with Crippen molar-refractivity contribution in [3.05, 3.63) is 125 Å². The van der Waals surface area contributed by atoms with E-state index >= 15 is 0 Å². The number of nitrogens with zero attached hydrogens (tertiary/aromatic N) is 2. The molecule has 4 aromatic carbocycles. The minimum Gasteiger partial charge on any atom is -0.493 e. The van der Waals surface area contributed by atoms with Crippen LogP contribution in [0.25, 0.3) is 0 Å². The fourth-order valence-electron chi connectivity index (χ4n) is 4.95. The molecule has 1 heterocycles. The lowest BCUT2D eigenvalue weighted by atomic mass is 9.92. The SMILES string of the molecule is COc1cc(C(Nc2ccc(C#N)cc2)C(=O)N2Cc3ccccc3CC2C(=O)O)ccc1OCc1ccccc1. The van der Waals surface area contributed by atoms with Crippen LogP contribution in [0.5, 0.6) is 11.5 Å². The summed E-state index contributed by atoms with van der Waals surface area (Å²) in [6, 6.07) is 29.4. The fourth-order valence-corrected chi connectivity index (χ4v) is 4.95. The Morgan fingerprint density at radius 2 is 1.68 bits per heavy atom. The van der Waals surface area contributed by atoms with E-state index < -0.39 is 24.0 Å². The molecular formula is C33H29N3O5. The summed E-state index contributed by atoms with van der Waals surface area (Å²) in [6.45, 7) is 0.517. The third kappa shape index (κ3) is 6.15. The molecule has 41 heavy (non-hydrogen) atoms. The molecule has 1 aliphatic heterocycles. The van der Waals surface area contributed by atoms with E-state index in [1.54, 1.807) is 42.5 Å². The van der Waals surface area contributed by atoms with E-state index in [-0.39, 0.29) is 13.0 Å². The molecule has 0 saturated carbocycles. The molecule has 4 aromatic rings. The molecule has 8 heteroatoms. The van der Waals surface area contributed by atoms with Crippen LogP contribution in [0.3, 0.4) is 0 Å². The lowest BCUT2D eigenvalue weighted by Crippen LogP contribution is -2.51. The molecule has 0 fully saturated rings. The Labute approximate surface area is 238 Å². The molecule has 2 N–H and O–H groups in total. The molecule has 2 atom stereocenters. The number of anilines is 1. The van der Waals surface area contributed by atoms with Gasteiger partial charge in [-0.1, -0.05) is 60.7 Å². The number of benzene rings is 4. The maximum atomic E-state index is 14.2. The standard InChI is InChI=1S/C33H29N3O5/c1-40-30-18-25(13-16-29(30)41-21-23-7-3-2-4-8-23)31(35-27-14-11-22(19-34)12-15-27)32(37)36-20-26-10-6-5-9-24(26)17-28(36)33(38)39/h2-16,18,28,31,35H,17,20-21H2,1H3,(H,38,39). The van der Waals surface area contributed by atoms with Crippen molar-refractivity contribution < 1.29 is 24.2 Å². The number of nitriles is 1. The molecule has 0 spiro atoms. The van der Waals surface area contributed by atoms with Crippen LogP contribution in [-0.2, 0) is 29.2 Å². The smallest absolute Gasteiger partial charge is 0.326 e. The zero-order chi connectivity index (χ0) is 28.8. The van der Waals surface area contributed by atoms with E-state index in [0.29, 0.717) is 34.9 Å². The normalized spacial score (nSPS) is 14.7. The largest absolute Gasteiger partial charge is 0.493 e. The average Bonchev–Trinajstić information content (AvgIpc) is 3.02. The van der Waals surface area contributed by atoms with Gasteiger partial charge in [0.1, 0.15) is 18.7 Å². The molecule has 0 radical (unpaired) electrons. The first-order valence-corrected chi connectivity index (χ1v) is 13.2. The summed E-state index contributed by atoms with van der Waals surface area (Å²) in [6.07, 6.45) is 0.219. The molecule has 8 nitrogen and oxygen atoms in total. The van der Waals surface area contributed by atoms with Crippen molar-refractivity contribution in [3.63, 3.8) is 0 Å². The Hall–Kier alpha value is -5.29. The predicted octanol–water partition coefficient (Wildman–Crippen LogP) is 5.34. The number of amides is 1. The van der Waals surface area contributed by atoms with Crippen LogP contribution in [-0.4, -0.2) is 35.0 Å². The van der Waals surface area contributed by atoms with E-state index in [9.17, 15) is 20.0 Å². The lowest BCUT2D eigenvalue weighted by molar-refractivity contribution is -0.151. The summed E-state index contributed by atoms with van der Waals surface area (Å²) >= 11 is 0. The van der Waals surface area contributed by atoms with E-state index in [1.807, 2.05) is 54.6 Å².